The van der Waals surface area contributed by atoms with Crippen molar-refractivity contribution in [1.82, 2.24) is 19.8 Å². The van der Waals surface area contributed by atoms with Gasteiger partial charge in [-0.1, -0.05) is 37.5 Å². The average molecular weight is 461 g/mol. The Morgan fingerprint density at radius 2 is 1.91 bits per heavy atom. The van der Waals surface area contributed by atoms with E-state index >= 15 is 0 Å². The SMILES string of the molecule is CC1(C(=O)NC2CCCCC2)Cn2c(nc3ccccc32)C(=O)N1Cc1ccc2c(c1)OCO2. The number of rotatable bonds is 4. The molecule has 1 aliphatic carbocycles. The fourth-order valence-electron chi connectivity index (χ4n) is 5.39. The highest BCUT2D eigenvalue weighted by Crippen LogP contribution is 2.36. The Labute approximate surface area is 197 Å². The molecule has 6 rings (SSSR count). The van der Waals surface area contributed by atoms with E-state index in [1.54, 1.807) is 4.90 Å². The van der Waals surface area contributed by atoms with E-state index in [2.05, 4.69) is 10.3 Å². The standard InChI is InChI=1S/C26H28N4O4/c1-26(25(32)27-18-7-3-2-4-8-18)15-29-20-10-6-5-9-19(20)28-23(29)24(31)30(26)14-17-11-12-21-22(13-17)34-16-33-21/h5-6,9-13,18H,2-4,7-8,14-16H2,1H3,(H,27,32). The average Bonchev–Trinajstić information content (AvgIpc) is 3.47. The van der Waals surface area contributed by atoms with Crippen LogP contribution in [0.2, 0.25) is 0 Å². The van der Waals surface area contributed by atoms with Crippen molar-refractivity contribution in [3.63, 3.8) is 0 Å². The van der Waals surface area contributed by atoms with Crippen LogP contribution in [0.3, 0.4) is 0 Å². The predicted octanol–water partition coefficient (Wildman–Crippen LogP) is 3.63. The number of fused-ring (bicyclic) bond motifs is 4. The summed E-state index contributed by atoms with van der Waals surface area (Å²) in [4.78, 5) is 33.9. The molecule has 3 heterocycles. The third kappa shape index (κ3) is 3.40. The van der Waals surface area contributed by atoms with Gasteiger partial charge in [0.15, 0.2) is 17.3 Å². The first kappa shape index (κ1) is 21.0. The number of ether oxygens (including phenoxy) is 2. The number of amides is 2. The molecule has 34 heavy (non-hydrogen) atoms. The number of hydrogen-bond acceptors (Lipinski definition) is 5. The highest BCUT2D eigenvalue weighted by Gasteiger charge is 2.49. The first-order valence-electron chi connectivity index (χ1n) is 12.0. The van der Waals surface area contributed by atoms with Gasteiger partial charge in [0.05, 0.1) is 17.6 Å². The Bertz CT molecular complexity index is 1280. The van der Waals surface area contributed by atoms with E-state index in [0.29, 0.717) is 23.9 Å². The van der Waals surface area contributed by atoms with Crippen LogP contribution in [0.25, 0.3) is 11.0 Å². The quantitative estimate of drug-likeness (QED) is 0.643. The smallest absolute Gasteiger partial charge is 0.291 e. The summed E-state index contributed by atoms with van der Waals surface area (Å²) >= 11 is 0. The maximum Gasteiger partial charge on any atom is 0.291 e. The largest absolute Gasteiger partial charge is 0.454 e. The molecule has 0 radical (unpaired) electrons. The summed E-state index contributed by atoms with van der Waals surface area (Å²) in [6.45, 7) is 2.67. The molecule has 2 aliphatic heterocycles. The van der Waals surface area contributed by atoms with Gasteiger partial charge >= 0.3 is 0 Å². The normalized spacial score (nSPS) is 22.1. The van der Waals surface area contributed by atoms with Crippen molar-refractivity contribution in [2.75, 3.05) is 6.79 Å². The second-order valence-corrected chi connectivity index (χ2v) is 9.67. The first-order chi connectivity index (χ1) is 16.5. The number of carbonyl (C=O) groups excluding carboxylic acids is 2. The van der Waals surface area contributed by atoms with Crippen molar-refractivity contribution in [1.29, 1.82) is 0 Å². The molecule has 0 spiro atoms. The van der Waals surface area contributed by atoms with Crippen molar-refractivity contribution < 1.29 is 19.1 Å². The summed E-state index contributed by atoms with van der Waals surface area (Å²) in [5.41, 5.74) is 1.43. The second-order valence-electron chi connectivity index (χ2n) is 9.67. The molecule has 1 aromatic heterocycles. The number of nitrogens with one attached hydrogen (secondary N) is 1. The summed E-state index contributed by atoms with van der Waals surface area (Å²) in [7, 11) is 0. The number of imidazole rings is 1. The second kappa shape index (κ2) is 8.04. The summed E-state index contributed by atoms with van der Waals surface area (Å²) in [5.74, 6) is 1.35. The zero-order valence-corrected chi connectivity index (χ0v) is 19.3. The highest BCUT2D eigenvalue weighted by atomic mass is 16.7. The molecule has 1 unspecified atom stereocenters. The van der Waals surface area contributed by atoms with Gasteiger partial charge in [0.2, 0.25) is 12.7 Å². The van der Waals surface area contributed by atoms with Gasteiger partial charge in [-0.3, -0.25) is 9.59 Å². The number of aromatic nitrogens is 2. The molecule has 3 aliphatic rings. The molecule has 176 valence electrons. The van der Waals surface area contributed by atoms with E-state index < -0.39 is 5.54 Å². The zero-order chi connectivity index (χ0) is 23.3. The molecular formula is C26H28N4O4. The number of hydrogen-bond donors (Lipinski definition) is 1. The number of carbonyl (C=O) groups is 2. The van der Waals surface area contributed by atoms with Crippen molar-refractivity contribution in [2.45, 2.75) is 63.7 Å². The predicted molar refractivity (Wildman–Crippen MR) is 126 cm³/mol. The maximum atomic E-state index is 13.8. The van der Waals surface area contributed by atoms with Crippen LogP contribution in [0.5, 0.6) is 11.5 Å². The van der Waals surface area contributed by atoms with E-state index in [1.165, 1.54) is 6.42 Å². The summed E-state index contributed by atoms with van der Waals surface area (Å²) in [6.07, 6.45) is 5.42. The van der Waals surface area contributed by atoms with Gasteiger partial charge in [0.1, 0.15) is 5.54 Å². The minimum Gasteiger partial charge on any atom is -0.454 e. The molecule has 1 saturated carbocycles. The van der Waals surface area contributed by atoms with Gasteiger partial charge in [-0.2, -0.15) is 0 Å². The Balaban J connectivity index is 1.39. The van der Waals surface area contributed by atoms with Crippen molar-refractivity contribution in [3.05, 3.63) is 53.9 Å². The van der Waals surface area contributed by atoms with Crippen molar-refractivity contribution in [2.24, 2.45) is 0 Å². The number of nitrogens with zero attached hydrogens (tertiary/aromatic N) is 3. The van der Waals surface area contributed by atoms with Crippen LogP contribution in [0.4, 0.5) is 0 Å². The van der Waals surface area contributed by atoms with Gasteiger partial charge in [0, 0.05) is 12.6 Å². The van der Waals surface area contributed by atoms with Crippen LogP contribution < -0.4 is 14.8 Å². The van der Waals surface area contributed by atoms with Crippen molar-refractivity contribution >= 4 is 22.8 Å². The lowest BCUT2D eigenvalue weighted by atomic mass is 9.91. The minimum absolute atomic E-state index is 0.114. The Kier molecular flexibility index (Phi) is 4.97. The van der Waals surface area contributed by atoms with E-state index in [4.69, 9.17) is 9.47 Å². The highest BCUT2D eigenvalue weighted by molar-refractivity contribution is 6.01. The van der Waals surface area contributed by atoms with Crippen LogP contribution in [-0.4, -0.2) is 44.6 Å². The third-order valence-electron chi connectivity index (χ3n) is 7.36. The van der Waals surface area contributed by atoms with E-state index in [1.807, 2.05) is 54.0 Å². The lowest BCUT2D eigenvalue weighted by molar-refractivity contribution is -0.134. The first-order valence-corrected chi connectivity index (χ1v) is 12.0. The minimum atomic E-state index is -1.07. The summed E-state index contributed by atoms with van der Waals surface area (Å²) in [5, 5.41) is 3.27. The molecule has 1 fully saturated rings. The summed E-state index contributed by atoms with van der Waals surface area (Å²) < 4.78 is 12.9. The topological polar surface area (TPSA) is 85.7 Å². The monoisotopic (exact) mass is 460 g/mol. The van der Waals surface area contributed by atoms with Gasteiger partial charge in [-0.25, -0.2) is 4.98 Å². The molecule has 1 atom stereocenters. The molecule has 0 saturated heterocycles. The molecule has 1 N–H and O–H groups in total. The Morgan fingerprint density at radius 3 is 2.76 bits per heavy atom. The Morgan fingerprint density at radius 1 is 1.12 bits per heavy atom. The number of benzene rings is 2. The van der Waals surface area contributed by atoms with Crippen LogP contribution in [0, 0.1) is 0 Å². The lowest BCUT2D eigenvalue weighted by Crippen LogP contribution is -2.64. The van der Waals surface area contributed by atoms with E-state index in [-0.39, 0.29) is 31.2 Å². The third-order valence-corrected chi connectivity index (χ3v) is 7.36. The summed E-state index contributed by atoms with van der Waals surface area (Å²) in [6, 6.07) is 13.5. The van der Waals surface area contributed by atoms with E-state index in [9.17, 15) is 9.59 Å². The van der Waals surface area contributed by atoms with Crippen LogP contribution >= 0.6 is 0 Å². The molecule has 8 heteroatoms. The molecular weight excluding hydrogens is 432 g/mol. The van der Waals surface area contributed by atoms with Crippen LogP contribution in [0.1, 0.15) is 55.2 Å². The van der Waals surface area contributed by atoms with Crippen molar-refractivity contribution in [3.8, 4) is 11.5 Å². The van der Waals surface area contributed by atoms with Gasteiger partial charge in [0.25, 0.3) is 5.91 Å². The van der Waals surface area contributed by atoms with Crippen LogP contribution in [-0.2, 0) is 17.9 Å². The molecule has 2 aromatic carbocycles. The molecule has 2 amide bonds. The van der Waals surface area contributed by atoms with Gasteiger partial charge in [-0.15, -0.1) is 0 Å². The fraction of sp³-hybridized carbons (Fsp3) is 0.423. The van der Waals surface area contributed by atoms with Crippen LogP contribution in [0.15, 0.2) is 42.5 Å². The van der Waals surface area contributed by atoms with Gasteiger partial charge in [-0.05, 0) is 49.6 Å². The maximum absolute atomic E-state index is 13.8. The zero-order valence-electron chi connectivity index (χ0n) is 19.3. The Hall–Kier alpha value is -3.55. The molecule has 0 bridgehead atoms. The lowest BCUT2D eigenvalue weighted by Gasteiger charge is -2.44. The number of para-hydroxylation sites is 2. The molecule has 8 nitrogen and oxygen atoms in total. The van der Waals surface area contributed by atoms with E-state index in [0.717, 1.165) is 42.3 Å². The molecule has 3 aromatic rings. The fourth-order valence-corrected chi connectivity index (χ4v) is 5.39. The van der Waals surface area contributed by atoms with Gasteiger partial charge < -0.3 is 24.3 Å².